The number of esters is 1. The summed E-state index contributed by atoms with van der Waals surface area (Å²) in [7, 11) is 0. The summed E-state index contributed by atoms with van der Waals surface area (Å²) in [5, 5.41) is 3.96. The van der Waals surface area contributed by atoms with E-state index in [0.29, 0.717) is 23.2 Å². The van der Waals surface area contributed by atoms with Crippen molar-refractivity contribution < 1.29 is 19.1 Å². The molecule has 1 amide bonds. The number of hydrogen-bond acceptors (Lipinski definition) is 7. The number of aryl methyl sites for hydroxylation is 1. The van der Waals surface area contributed by atoms with Crippen LogP contribution < -0.4 is 10.1 Å². The Balaban J connectivity index is 1.34. The highest BCUT2D eigenvalue weighted by Crippen LogP contribution is 2.39. The molecule has 1 unspecified atom stereocenters. The van der Waals surface area contributed by atoms with Gasteiger partial charge in [-0.25, -0.2) is 9.78 Å². The molecule has 0 saturated carbocycles. The Hall–Kier alpha value is -3.52. The van der Waals surface area contributed by atoms with Crippen molar-refractivity contribution in [2.75, 3.05) is 18.5 Å². The lowest BCUT2D eigenvalue weighted by atomic mass is 9.70. The van der Waals surface area contributed by atoms with E-state index in [4.69, 9.17) is 14.5 Å². The van der Waals surface area contributed by atoms with Crippen LogP contribution in [0.15, 0.2) is 42.5 Å². The van der Waals surface area contributed by atoms with Crippen LogP contribution in [0.25, 0.3) is 21.1 Å². The van der Waals surface area contributed by atoms with E-state index in [1.807, 2.05) is 49.4 Å². The van der Waals surface area contributed by atoms with E-state index in [2.05, 4.69) is 31.1 Å². The lowest BCUT2D eigenvalue weighted by Gasteiger charge is -2.35. The van der Waals surface area contributed by atoms with Crippen LogP contribution in [0.2, 0.25) is 0 Å². The molecule has 0 saturated heterocycles. The number of carbonyl (C=O) groups is 2. The standard InChI is InChI=1S/C29H31N3O4S/c1-5-35-18-11-13-23-24(15-18)37-28(31-23)32-25(33)16-36-27(34)26-19-8-6-7-9-21(19)30-22-12-10-17(14-20(22)26)29(2,3)4/h6-9,11,13,15,17H,5,10,12,14,16H2,1-4H3,(H,31,32,33). The molecule has 37 heavy (non-hydrogen) atoms. The van der Waals surface area contributed by atoms with Crippen molar-refractivity contribution in [2.24, 2.45) is 11.3 Å². The highest BCUT2D eigenvalue weighted by atomic mass is 32.1. The van der Waals surface area contributed by atoms with Gasteiger partial charge < -0.3 is 9.47 Å². The molecule has 5 rings (SSSR count). The van der Waals surface area contributed by atoms with Gasteiger partial charge in [-0.3, -0.25) is 15.1 Å². The summed E-state index contributed by atoms with van der Waals surface area (Å²) >= 11 is 1.35. The summed E-state index contributed by atoms with van der Waals surface area (Å²) in [6.45, 7) is 8.81. The number of hydrogen-bond donors (Lipinski definition) is 1. The van der Waals surface area contributed by atoms with Gasteiger partial charge in [-0.05, 0) is 67.3 Å². The van der Waals surface area contributed by atoms with Crippen LogP contribution in [-0.2, 0) is 22.4 Å². The molecule has 7 nitrogen and oxygen atoms in total. The van der Waals surface area contributed by atoms with E-state index < -0.39 is 18.5 Å². The van der Waals surface area contributed by atoms with Crippen LogP contribution in [0.3, 0.4) is 0 Å². The number of para-hydroxylation sites is 1. The molecule has 2 aromatic heterocycles. The minimum absolute atomic E-state index is 0.116. The lowest BCUT2D eigenvalue weighted by Crippen LogP contribution is -2.29. The molecule has 0 radical (unpaired) electrons. The van der Waals surface area contributed by atoms with Gasteiger partial charge in [0, 0.05) is 11.1 Å². The summed E-state index contributed by atoms with van der Waals surface area (Å²) < 4.78 is 12.0. The molecule has 1 aliphatic rings. The van der Waals surface area contributed by atoms with Gasteiger partial charge in [-0.2, -0.15) is 0 Å². The third-order valence-electron chi connectivity index (χ3n) is 6.94. The lowest BCUT2D eigenvalue weighted by molar-refractivity contribution is -0.119. The maximum absolute atomic E-state index is 13.4. The monoisotopic (exact) mass is 517 g/mol. The molecule has 0 fully saturated rings. The van der Waals surface area contributed by atoms with Gasteiger partial charge in [0.05, 0.1) is 27.9 Å². The molecule has 1 aliphatic carbocycles. The fraction of sp³-hybridized carbons (Fsp3) is 0.379. The topological polar surface area (TPSA) is 90.4 Å². The van der Waals surface area contributed by atoms with Crippen molar-refractivity contribution in [3.05, 3.63) is 59.3 Å². The van der Waals surface area contributed by atoms with Gasteiger partial charge >= 0.3 is 5.97 Å². The van der Waals surface area contributed by atoms with Crippen molar-refractivity contribution >= 4 is 49.5 Å². The number of amides is 1. The van der Waals surface area contributed by atoms with Gasteiger partial charge in [0.25, 0.3) is 5.91 Å². The van der Waals surface area contributed by atoms with E-state index in [9.17, 15) is 9.59 Å². The highest BCUT2D eigenvalue weighted by molar-refractivity contribution is 7.22. The Labute approximate surface area is 220 Å². The van der Waals surface area contributed by atoms with Crippen LogP contribution >= 0.6 is 11.3 Å². The number of pyridine rings is 1. The summed E-state index contributed by atoms with van der Waals surface area (Å²) in [6, 6.07) is 13.2. The highest BCUT2D eigenvalue weighted by Gasteiger charge is 2.33. The quantitative estimate of drug-likeness (QED) is 0.307. The zero-order valence-corrected chi connectivity index (χ0v) is 22.4. The molecule has 2 aromatic carbocycles. The first-order valence-corrected chi connectivity index (χ1v) is 13.5. The fourth-order valence-corrected chi connectivity index (χ4v) is 5.84. The number of thiazole rings is 1. The predicted octanol–water partition coefficient (Wildman–Crippen LogP) is 6.19. The normalized spacial score (nSPS) is 15.4. The number of aromatic nitrogens is 2. The number of ether oxygens (including phenoxy) is 2. The van der Waals surface area contributed by atoms with Crippen molar-refractivity contribution in [3.63, 3.8) is 0 Å². The Morgan fingerprint density at radius 3 is 2.70 bits per heavy atom. The van der Waals surface area contributed by atoms with Crippen LogP contribution in [0, 0.1) is 11.3 Å². The third kappa shape index (κ3) is 5.30. The van der Waals surface area contributed by atoms with E-state index in [0.717, 1.165) is 57.4 Å². The molecule has 8 heteroatoms. The molecular weight excluding hydrogens is 486 g/mol. The molecule has 192 valence electrons. The molecule has 1 atom stereocenters. The van der Waals surface area contributed by atoms with E-state index in [1.165, 1.54) is 11.3 Å². The molecule has 0 bridgehead atoms. The van der Waals surface area contributed by atoms with Crippen LogP contribution in [0.1, 0.15) is 55.7 Å². The van der Waals surface area contributed by atoms with E-state index in [1.54, 1.807) is 0 Å². The Kier molecular flexibility index (Phi) is 6.86. The SMILES string of the molecule is CCOc1ccc2nc(NC(=O)COC(=O)c3c4c(nc5ccccc35)CCC(C(C)(C)C)C4)sc2c1. The first-order chi connectivity index (χ1) is 17.7. The van der Waals surface area contributed by atoms with E-state index in [-0.39, 0.29) is 5.41 Å². The number of nitrogens with one attached hydrogen (secondary N) is 1. The molecule has 1 N–H and O–H groups in total. The molecule has 0 spiro atoms. The summed E-state index contributed by atoms with van der Waals surface area (Å²) in [6.07, 6.45) is 2.63. The number of nitrogens with zero attached hydrogens (tertiary/aromatic N) is 2. The molecule has 4 aromatic rings. The van der Waals surface area contributed by atoms with Crippen molar-refractivity contribution in [2.45, 2.75) is 47.0 Å². The third-order valence-corrected chi connectivity index (χ3v) is 7.87. The largest absolute Gasteiger partial charge is 0.494 e. The summed E-state index contributed by atoms with van der Waals surface area (Å²) in [5.41, 5.74) is 4.09. The van der Waals surface area contributed by atoms with Crippen molar-refractivity contribution in [3.8, 4) is 5.75 Å². The van der Waals surface area contributed by atoms with Crippen molar-refractivity contribution in [1.29, 1.82) is 0 Å². The Morgan fingerprint density at radius 2 is 1.92 bits per heavy atom. The minimum Gasteiger partial charge on any atom is -0.494 e. The van der Waals surface area contributed by atoms with E-state index >= 15 is 0 Å². The number of rotatable bonds is 6. The maximum Gasteiger partial charge on any atom is 0.339 e. The second-order valence-electron chi connectivity index (χ2n) is 10.4. The van der Waals surface area contributed by atoms with Gasteiger partial charge in [0.15, 0.2) is 11.7 Å². The second-order valence-corrected chi connectivity index (χ2v) is 11.5. The average molecular weight is 518 g/mol. The Bertz CT molecular complexity index is 1490. The fourth-order valence-electron chi connectivity index (χ4n) is 4.93. The van der Waals surface area contributed by atoms with Crippen LogP contribution in [0.5, 0.6) is 5.75 Å². The minimum atomic E-state index is -0.495. The van der Waals surface area contributed by atoms with Crippen LogP contribution in [-0.4, -0.2) is 35.1 Å². The van der Waals surface area contributed by atoms with Gasteiger partial charge in [0.1, 0.15) is 5.75 Å². The first-order valence-electron chi connectivity index (χ1n) is 12.6. The molecule has 0 aliphatic heterocycles. The number of anilines is 1. The number of carbonyl (C=O) groups excluding carboxylic acids is 2. The maximum atomic E-state index is 13.4. The average Bonchev–Trinajstić information content (AvgIpc) is 3.26. The van der Waals surface area contributed by atoms with Crippen LogP contribution in [0.4, 0.5) is 5.13 Å². The van der Waals surface area contributed by atoms with Gasteiger partial charge in [-0.15, -0.1) is 0 Å². The molecular formula is C29H31N3O4S. The first kappa shape index (κ1) is 25.1. The zero-order chi connectivity index (χ0) is 26.2. The second kappa shape index (κ2) is 10.1. The molecule has 2 heterocycles. The number of fused-ring (bicyclic) bond motifs is 3. The van der Waals surface area contributed by atoms with Crippen molar-refractivity contribution in [1.82, 2.24) is 9.97 Å². The zero-order valence-electron chi connectivity index (χ0n) is 21.6. The smallest absolute Gasteiger partial charge is 0.339 e. The number of benzene rings is 2. The summed E-state index contributed by atoms with van der Waals surface area (Å²) in [4.78, 5) is 35.4. The Morgan fingerprint density at radius 1 is 1.11 bits per heavy atom. The van der Waals surface area contributed by atoms with Gasteiger partial charge in [-0.1, -0.05) is 50.3 Å². The predicted molar refractivity (Wildman–Crippen MR) is 146 cm³/mol. The summed E-state index contributed by atoms with van der Waals surface area (Å²) in [5.74, 6) is 0.259. The van der Waals surface area contributed by atoms with Gasteiger partial charge in [0.2, 0.25) is 0 Å².